The van der Waals surface area contributed by atoms with Crippen LogP contribution in [0.1, 0.15) is 31.2 Å². The molecule has 2 aromatic rings. The van der Waals surface area contributed by atoms with Crippen LogP contribution < -0.4 is 11.1 Å². The molecule has 20 heavy (non-hydrogen) atoms. The Balaban J connectivity index is 1.87. The first-order chi connectivity index (χ1) is 9.70. The number of hydrogen-bond donors (Lipinski definition) is 2. The van der Waals surface area contributed by atoms with Gasteiger partial charge in [-0.2, -0.15) is 4.68 Å². The smallest absolute Gasteiger partial charge is 0.344 e. The molecule has 1 amide bonds. The maximum atomic E-state index is 12.3. The molecule has 1 heterocycles. The predicted octanol–water partition coefficient (Wildman–Crippen LogP) is 1.89. The van der Waals surface area contributed by atoms with E-state index >= 15 is 0 Å². The monoisotopic (exact) mass is 271 g/mol. The minimum absolute atomic E-state index is 0.0975. The first kappa shape index (κ1) is 12.7. The van der Waals surface area contributed by atoms with Gasteiger partial charge in [0.1, 0.15) is 6.33 Å². The molecule has 0 spiro atoms. The van der Waals surface area contributed by atoms with Crippen LogP contribution in [-0.2, 0) is 5.54 Å². The van der Waals surface area contributed by atoms with Gasteiger partial charge in [0.05, 0.1) is 5.54 Å². The fourth-order valence-corrected chi connectivity index (χ4v) is 2.86. The second kappa shape index (κ2) is 4.96. The van der Waals surface area contributed by atoms with Crippen LogP contribution in [0.3, 0.4) is 0 Å². The number of nitrogens with one attached hydrogen (secondary N) is 1. The summed E-state index contributed by atoms with van der Waals surface area (Å²) in [5.74, 6) is 0.0975. The molecule has 1 aliphatic rings. The van der Waals surface area contributed by atoms with Crippen LogP contribution >= 0.6 is 0 Å². The maximum absolute atomic E-state index is 12.3. The molecule has 0 aliphatic heterocycles. The van der Waals surface area contributed by atoms with Crippen LogP contribution in [0.25, 0.3) is 0 Å². The Morgan fingerprint density at radius 2 is 1.95 bits per heavy atom. The molecule has 1 aromatic carbocycles. The van der Waals surface area contributed by atoms with Gasteiger partial charge in [0.2, 0.25) is 5.95 Å². The highest BCUT2D eigenvalue weighted by molar-refractivity contribution is 5.76. The standard InChI is InChI=1S/C14H17N5O/c15-12-16-10-19(18-12)13(20)17-14(8-4-5-9-14)11-6-2-1-3-7-11/h1-3,6-7,10H,4-5,8-9H2,(H2,15,18)(H,17,20). The van der Waals surface area contributed by atoms with Crippen LogP contribution in [0.5, 0.6) is 0 Å². The molecule has 6 nitrogen and oxygen atoms in total. The number of carbonyl (C=O) groups excluding carboxylic acids is 1. The van der Waals surface area contributed by atoms with E-state index in [4.69, 9.17) is 5.73 Å². The molecule has 6 heteroatoms. The van der Waals surface area contributed by atoms with E-state index in [-0.39, 0.29) is 17.5 Å². The van der Waals surface area contributed by atoms with Gasteiger partial charge < -0.3 is 11.1 Å². The lowest BCUT2D eigenvalue weighted by Gasteiger charge is -2.30. The third-order valence-electron chi connectivity index (χ3n) is 3.85. The molecule has 3 rings (SSSR count). The Kier molecular flexibility index (Phi) is 3.14. The van der Waals surface area contributed by atoms with E-state index in [1.54, 1.807) is 0 Å². The van der Waals surface area contributed by atoms with E-state index in [1.807, 2.05) is 18.2 Å². The number of nitrogens with two attached hydrogens (primary N) is 1. The van der Waals surface area contributed by atoms with Gasteiger partial charge in [0, 0.05) is 0 Å². The second-order valence-corrected chi connectivity index (χ2v) is 5.13. The van der Waals surface area contributed by atoms with Crippen molar-refractivity contribution in [3.8, 4) is 0 Å². The summed E-state index contributed by atoms with van der Waals surface area (Å²) in [6, 6.07) is 9.79. The van der Waals surface area contributed by atoms with Gasteiger partial charge in [-0.1, -0.05) is 43.2 Å². The number of rotatable bonds is 2. The molecule has 0 unspecified atom stereocenters. The number of nitrogen functional groups attached to an aromatic ring is 1. The fourth-order valence-electron chi connectivity index (χ4n) is 2.86. The molecule has 3 N–H and O–H groups in total. The van der Waals surface area contributed by atoms with Gasteiger partial charge in [0.25, 0.3) is 0 Å². The highest BCUT2D eigenvalue weighted by Gasteiger charge is 2.37. The van der Waals surface area contributed by atoms with Gasteiger partial charge in [-0.05, 0) is 18.4 Å². The van der Waals surface area contributed by atoms with Gasteiger partial charge in [0.15, 0.2) is 0 Å². The Bertz CT molecular complexity index is 601. The zero-order valence-corrected chi connectivity index (χ0v) is 11.1. The number of aromatic nitrogens is 3. The van der Waals surface area contributed by atoms with Crippen molar-refractivity contribution >= 4 is 12.0 Å². The van der Waals surface area contributed by atoms with Crippen LogP contribution in [0.2, 0.25) is 0 Å². The Morgan fingerprint density at radius 3 is 2.55 bits per heavy atom. The SMILES string of the molecule is Nc1ncn(C(=O)NC2(c3ccccc3)CCCC2)n1. The summed E-state index contributed by atoms with van der Waals surface area (Å²) in [6.45, 7) is 0. The molecule has 104 valence electrons. The van der Waals surface area contributed by atoms with Crippen LogP contribution in [0.15, 0.2) is 36.7 Å². The van der Waals surface area contributed by atoms with E-state index in [0.29, 0.717) is 0 Å². The predicted molar refractivity (Wildman–Crippen MR) is 75.0 cm³/mol. The number of anilines is 1. The first-order valence-electron chi connectivity index (χ1n) is 6.75. The highest BCUT2D eigenvalue weighted by atomic mass is 16.2. The molecular weight excluding hydrogens is 254 g/mol. The third kappa shape index (κ3) is 2.24. The van der Waals surface area contributed by atoms with Crippen LogP contribution in [-0.4, -0.2) is 20.8 Å². The largest absolute Gasteiger partial charge is 0.366 e. The fraction of sp³-hybridized carbons (Fsp3) is 0.357. The van der Waals surface area contributed by atoms with Crippen molar-refractivity contribution in [2.45, 2.75) is 31.2 Å². The topological polar surface area (TPSA) is 85.8 Å². The summed E-state index contributed by atoms with van der Waals surface area (Å²) in [5.41, 5.74) is 6.28. The Morgan fingerprint density at radius 1 is 1.25 bits per heavy atom. The lowest BCUT2D eigenvalue weighted by molar-refractivity contribution is 0.223. The third-order valence-corrected chi connectivity index (χ3v) is 3.85. The van der Waals surface area contributed by atoms with Crippen molar-refractivity contribution in [3.05, 3.63) is 42.2 Å². The number of benzene rings is 1. The molecule has 1 saturated carbocycles. The average Bonchev–Trinajstić information content (AvgIpc) is 3.10. The molecule has 0 bridgehead atoms. The van der Waals surface area contributed by atoms with Crippen molar-refractivity contribution in [2.75, 3.05) is 5.73 Å². The molecule has 0 radical (unpaired) electrons. The number of nitrogens with zero attached hydrogens (tertiary/aromatic N) is 3. The van der Waals surface area contributed by atoms with Gasteiger partial charge in [-0.3, -0.25) is 0 Å². The molecule has 0 saturated heterocycles. The van der Waals surface area contributed by atoms with Crippen LogP contribution in [0.4, 0.5) is 10.7 Å². The summed E-state index contributed by atoms with van der Waals surface area (Å²) in [7, 11) is 0. The van der Waals surface area contributed by atoms with Gasteiger partial charge >= 0.3 is 6.03 Å². The summed E-state index contributed by atoms with van der Waals surface area (Å²) in [4.78, 5) is 16.1. The summed E-state index contributed by atoms with van der Waals surface area (Å²) >= 11 is 0. The molecule has 0 atom stereocenters. The molecular formula is C14H17N5O. The van der Waals surface area contributed by atoms with Crippen molar-refractivity contribution < 1.29 is 4.79 Å². The zero-order valence-electron chi connectivity index (χ0n) is 11.1. The lowest BCUT2D eigenvalue weighted by atomic mass is 9.88. The summed E-state index contributed by atoms with van der Waals surface area (Å²) in [5, 5.41) is 6.95. The normalized spacial score (nSPS) is 17.0. The molecule has 1 aromatic heterocycles. The van der Waals surface area contributed by atoms with Crippen LogP contribution in [0, 0.1) is 0 Å². The van der Waals surface area contributed by atoms with E-state index in [0.717, 1.165) is 35.9 Å². The second-order valence-electron chi connectivity index (χ2n) is 5.13. The maximum Gasteiger partial charge on any atom is 0.344 e. The minimum Gasteiger partial charge on any atom is -0.366 e. The summed E-state index contributed by atoms with van der Waals surface area (Å²) < 4.78 is 1.15. The van der Waals surface area contributed by atoms with E-state index < -0.39 is 0 Å². The van der Waals surface area contributed by atoms with Crippen molar-refractivity contribution in [1.29, 1.82) is 0 Å². The Labute approximate surface area is 117 Å². The quantitative estimate of drug-likeness (QED) is 0.873. The highest BCUT2D eigenvalue weighted by Crippen LogP contribution is 2.38. The average molecular weight is 271 g/mol. The van der Waals surface area contributed by atoms with E-state index in [2.05, 4.69) is 27.5 Å². The Hall–Kier alpha value is -2.37. The molecule has 1 fully saturated rings. The number of amides is 1. The van der Waals surface area contributed by atoms with Crippen molar-refractivity contribution in [1.82, 2.24) is 20.1 Å². The van der Waals surface area contributed by atoms with E-state index in [9.17, 15) is 4.79 Å². The van der Waals surface area contributed by atoms with Crippen molar-refractivity contribution in [2.24, 2.45) is 0 Å². The lowest BCUT2D eigenvalue weighted by Crippen LogP contribution is -2.45. The zero-order chi connectivity index (χ0) is 14.0. The van der Waals surface area contributed by atoms with Crippen molar-refractivity contribution in [3.63, 3.8) is 0 Å². The number of carbonyl (C=O) groups is 1. The van der Waals surface area contributed by atoms with Gasteiger partial charge in [-0.25, -0.2) is 9.78 Å². The minimum atomic E-state index is -0.306. The molecule has 1 aliphatic carbocycles. The van der Waals surface area contributed by atoms with E-state index in [1.165, 1.54) is 6.33 Å². The first-order valence-corrected chi connectivity index (χ1v) is 6.75. The summed E-state index contributed by atoms with van der Waals surface area (Å²) in [6.07, 6.45) is 5.42. The number of hydrogen-bond acceptors (Lipinski definition) is 4. The van der Waals surface area contributed by atoms with Gasteiger partial charge in [-0.15, -0.1) is 5.10 Å².